The molecule has 224 valence electrons. The Labute approximate surface area is 240 Å². The lowest BCUT2D eigenvalue weighted by Gasteiger charge is -2.32. The van der Waals surface area contributed by atoms with Gasteiger partial charge in [0, 0.05) is 37.3 Å². The van der Waals surface area contributed by atoms with Crippen molar-refractivity contribution in [1.82, 2.24) is 9.80 Å². The average molecular weight is 575 g/mol. The highest BCUT2D eigenvalue weighted by atomic mass is 19.4. The Balaban J connectivity index is 1.16. The maximum absolute atomic E-state index is 13.3. The second kappa shape index (κ2) is 12.8. The number of carbonyl (C=O) groups is 1. The van der Waals surface area contributed by atoms with Crippen LogP contribution in [0.2, 0.25) is 0 Å². The summed E-state index contributed by atoms with van der Waals surface area (Å²) >= 11 is 0. The lowest BCUT2D eigenvalue weighted by atomic mass is 9.85. The Bertz CT molecular complexity index is 1200. The number of hydrogen-bond donors (Lipinski definition) is 1. The number of halogens is 3. The van der Waals surface area contributed by atoms with Crippen molar-refractivity contribution >= 4 is 17.3 Å². The zero-order valence-corrected chi connectivity index (χ0v) is 24.2. The maximum atomic E-state index is 13.3. The molecule has 2 fully saturated rings. The number of benzene rings is 2. The molecule has 0 saturated carbocycles. The highest BCUT2D eigenvalue weighted by Crippen LogP contribution is 2.38. The summed E-state index contributed by atoms with van der Waals surface area (Å²) in [7, 11) is 0. The fourth-order valence-electron chi connectivity index (χ4n) is 5.85. The predicted molar refractivity (Wildman–Crippen MR) is 154 cm³/mol. The van der Waals surface area contributed by atoms with Crippen LogP contribution in [0.4, 0.5) is 24.5 Å². The maximum Gasteiger partial charge on any atom is 0.423 e. The van der Waals surface area contributed by atoms with Crippen LogP contribution in [0.3, 0.4) is 0 Å². The van der Waals surface area contributed by atoms with Gasteiger partial charge in [-0.1, -0.05) is 45.0 Å². The van der Waals surface area contributed by atoms with Gasteiger partial charge in [-0.15, -0.1) is 0 Å². The van der Waals surface area contributed by atoms with Crippen LogP contribution in [0.15, 0.2) is 42.5 Å². The molecule has 0 unspecified atom stereocenters. The summed E-state index contributed by atoms with van der Waals surface area (Å²) in [6.45, 7) is 10.6. The molecule has 2 heterocycles. The molecule has 0 spiro atoms. The number of nitrogens with one attached hydrogen (secondary N) is 1. The van der Waals surface area contributed by atoms with Crippen molar-refractivity contribution in [2.24, 2.45) is 5.92 Å². The minimum absolute atomic E-state index is 0.0579. The summed E-state index contributed by atoms with van der Waals surface area (Å²) in [5, 5.41) is 14.0. The minimum atomic E-state index is -4.83. The van der Waals surface area contributed by atoms with Gasteiger partial charge in [-0.25, -0.2) is 0 Å². The van der Waals surface area contributed by atoms with Crippen LogP contribution in [0.5, 0.6) is 0 Å². The van der Waals surface area contributed by atoms with E-state index in [4.69, 9.17) is 0 Å². The van der Waals surface area contributed by atoms with Crippen LogP contribution in [-0.2, 0) is 22.8 Å². The molecule has 0 radical (unpaired) electrons. The van der Waals surface area contributed by atoms with Crippen LogP contribution in [0.1, 0.15) is 69.6 Å². The first-order valence-electron chi connectivity index (χ1n) is 14.5. The monoisotopic (exact) mass is 574 g/mol. The van der Waals surface area contributed by atoms with E-state index >= 15 is 0 Å². The van der Waals surface area contributed by atoms with Crippen LogP contribution < -0.4 is 5.32 Å². The molecule has 2 aromatic carbocycles. The molecule has 2 aliphatic heterocycles. The van der Waals surface area contributed by atoms with E-state index in [1.165, 1.54) is 17.2 Å². The predicted octanol–water partition coefficient (Wildman–Crippen LogP) is 6.66. The third kappa shape index (κ3) is 8.44. The Morgan fingerprint density at radius 2 is 1.71 bits per heavy atom. The molecule has 4 rings (SSSR count). The quantitative estimate of drug-likeness (QED) is 0.268. The number of rotatable bonds is 9. The molecule has 1 amide bonds. The number of nitro benzene ring substituents is 1. The fourth-order valence-corrected chi connectivity index (χ4v) is 5.85. The van der Waals surface area contributed by atoms with E-state index in [-0.39, 0.29) is 23.1 Å². The summed E-state index contributed by atoms with van der Waals surface area (Å²) in [4.78, 5) is 26.9. The standard InChI is InChI=1S/C31H41F3N4O3/c1-30(2,3)24-8-6-22(7-9-24)19-23-12-16-36(17-13-23)15-4-5-29(39)37-18-14-26(21-37)35-25-10-11-28(38(40)41)27(20-25)31(32,33)34/h6-11,20,23,26,35H,4-5,12-19,21H2,1-3H3/t26-/m1/s1. The number of nitrogens with zero attached hydrogens (tertiary/aromatic N) is 3. The Morgan fingerprint density at radius 1 is 1.02 bits per heavy atom. The van der Waals surface area contributed by atoms with E-state index in [0.29, 0.717) is 31.8 Å². The zero-order chi connectivity index (χ0) is 29.8. The van der Waals surface area contributed by atoms with Gasteiger partial charge in [0.2, 0.25) is 5.91 Å². The van der Waals surface area contributed by atoms with E-state index in [1.54, 1.807) is 4.90 Å². The first-order valence-corrected chi connectivity index (χ1v) is 14.5. The van der Waals surface area contributed by atoms with Gasteiger partial charge in [0.05, 0.1) is 4.92 Å². The van der Waals surface area contributed by atoms with Gasteiger partial charge in [0.1, 0.15) is 5.56 Å². The Hall–Kier alpha value is -3.14. The van der Waals surface area contributed by atoms with E-state index in [0.717, 1.165) is 57.5 Å². The SMILES string of the molecule is CC(C)(C)c1ccc(CC2CCN(CCCC(=O)N3CC[C@@H](Nc4ccc([N+](=O)[O-])c(C(F)(F)F)c4)C3)CC2)cc1. The number of hydrogen-bond acceptors (Lipinski definition) is 5. The van der Waals surface area contributed by atoms with Crippen molar-refractivity contribution in [3.05, 3.63) is 69.3 Å². The van der Waals surface area contributed by atoms with E-state index < -0.39 is 22.4 Å². The summed E-state index contributed by atoms with van der Waals surface area (Å²) in [5.74, 6) is 0.743. The molecule has 2 saturated heterocycles. The molecule has 7 nitrogen and oxygen atoms in total. The molecule has 1 N–H and O–H groups in total. The number of carbonyl (C=O) groups excluding carboxylic acids is 1. The topological polar surface area (TPSA) is 78.7 Å². The van der Waals surface area contributed by atoms with Gasteiger partial charge in [-0.2, -0.15) is 13.2 Å². The van der Waals surface area contributed by atoms with Crippen molar-refractivity contribution in [3.63, 3.8) is 0 Å². The van der Waals surface area contributed by atoms with Gasteiger partial charge in [0.25, 0.3) is 5.69 Å². The highest BCUT2D eigenvalue weighted by Gasteiger charge is 2.38. The van der Waals surface area contributed by atoms with Crippen molar-refractivity contribution in [2.45, 2.75) is 76.9 Å². The number of amides is 1. The van der Waals surface area contributed by atoms with Gasteiger partial charge in [0.15, 0.2) is 0 Å². The molecule has 0 bridgehead atoms. The first kappa shape index (κ1) is 30.8. The summed E-state index contributed by atoms with van der Waals surface area (Å²) in [6, 6.07) is 11.8. The third-order valence-electron chi connectivity index (χ3n) is 8.33. The normalized spacial score (nSPS) is 19.0. The smallest absolute Gasteiger partial charge is 0.380 e. The van der Waals surface area contributed by atoms with E-state index in [9.17, 15) is 28.1 Å². The second-order valence-corrected chi connectivity index (χ2v) is 12.5. The molecular formula is C31H41F3N4O3. The first-order chi connectivity index (χ1) is 19.3. The summed E-state index contributed by atoms with van der Waals surface area (Å²) in [5.41, 5.74) is 0.828. The Kier molecular flexibility index (Phi) is 9.62. The van der Waals surface area contributed by atoms with Gasteiger partial charge in [-0.05, 0) is 86.3 Å². The van der Waals surface area contributed by atoms with Crippen molar-refractivity contribution in [3.8, 4) is 0 Å². The molecule has 0 aliphatic carbocycles. The van der Waals surface area contributed by atoms with E-state index in [2.05, 4.69) is 55.3 Å². The number of anilines is 1. The number of alkyl halides is 3. The summed E-state index contributed by atoms with van der Waals surface area (Å²) < 4.78 is 39.9. The van der Waals surface area contributed by atoms with Gasteiger partial charge < -0.3 is 15.1 Å². The highest BCUT2D eigenvalue weighted by molar-refractivity contribution is 5.76. The molecule has 10 heteroatoms. The summed E-state index contributed by atoms with van der Waals surface area (Å²) in [6.07, 6.45) is 0.437. The molecule has 0 aromatic heterocycles. The average Bonchev–Trinajstić information content (AvgIpc) is 3.37. The molecule has 1 atom stereocenters. The molecular weight excluding hydrogens is 533 g/mol. The molecule has 41 heavy (non-hydrogen) atoms. The fraction of sp³-hybridized carbons (Fsp3) is 0.581. The number of piperidine rings is 1. The van der Waals surface area contributed by atoms with Gasteiger partial charge in [-0.3, -0.25) is 14.9 Å². The van der Waals surface area contributed by atoms with Crippen LogP contribution in [0.25, 0.3) is 0 Å². The van der Waals surface area contributed by atoms with Crippen molar-refractivity contribution in [1.29, 1.82) is 0 Å². The van der Waals surface area contributed by atoms with Crippen LogP contribution in [-0.4, -0.2) is 59.4 Å². The molecule has 2 aliphatic rings. The third-order valence-corrected chi connectivity index (χ3v) is 8.33. The molecule has 2 aromatic rings. The minimum Gasteiger partial charge on any atom is -0.380 e. The van der Waals surface area contributed by atoms with Crippen LogP contribution >= 0.6 is 0 Å². The van der Waals surface area contributed by atoms with E-state index in [1.807, 2.05) is 0 Å². The lowest BCUT2D eigenvalue weighted by molar-refractivity contribution is -0.388. The Morgan fingerprint density at radius 3 is 2.32 bits per heavy atom. The number of likely N-dealkylation sites (tertiary alicyclic amines) is 2. The second-order valence-electron chi connectivity index (χ2n) is 12.5. The zero-order valence-electron chi connectivity index (χ0n) is 24.2. The largest absolute Gasteiger partial charge is 0.423 e. The van der Waals surface area contributed by atoms with Crippen LogP contribution in [0, 0.1) is 16.0 Å². The van der Waals surface area contributed by atoms with Crippen molar-refractivity contribution < 1.29 is 22.9 Å². The lowest BCUT2D eigenvalue weighted by Crippen LogP contribution is -2.36. The van der Waals surface area contributed by atoms with Crippen molar-refractivity contribution in [2.75, 3.05) is 38.0 Å². The number of nitro groups is 1. The van der Waals surface area contributed by atoms with Gasteiger partial charge >= 0.3 is 6.18 Å².